The number of carbonyl (C=O) groups is 1. The van der Waals surface area contributed by atoms with Crippen molar-refractivity contribution in [2.75, 3.05) is 17.2 Å². The van der Waals surface area contributed by atoms with Crippen molar-refractivity contribution in [3.63, 3.8) is 0 Å². The van der Waals surface area contributed by atoms with E-state index in [0.717, 1.165) is 18.7 Å². The molecule has 2 aromatic rings. The number of anilines is 2. The second kappa shape index (κ2) is 6.58. The number of hydrogen-bond donors (Lipinski definition) is 2. The van der Waals surface area contributed by atoms with Gasteiger partial charge in [-0.1, -0.05) is 18.5 Å². The van der Waals surface area contributed by atoms with Gasteiger partial charge in [0.05, 0.1) is 16.4 Å². The van der Waals surface area contributed by atoms with Crippen LogP contribution >= 0.6 is 11.6 Å². The summed E-state index contributed by atoms with van der Waals surface area (Å²) in [6, 6.07) is 3.42. The van der Waals surface area contributed by atoms with Gasteiger partial charge in [0.25, 0.3) is 5.91 Å². The van der Waals surface area contributed by atoms with Gasteiger partial charge in [0.2, 0.25) is 0 Å². The Morgan fingerprint density at radius 3 is 2.81 bits per heavy atom. The van der Waals surface area contributed by atoms with Gasteiger partial charge in [-0.25, -0.2) is 4.98 Å². The molecule has 0 radical (unpaired) electrons. The monoisotopic (exact) mass is 307 g/mol. The third-order valence-corrected chi connectivity index (χ3v) is 3.18. The molecule has 0 aromatic carbocycles. The Morgan fingerprint density at radius 2 is 2.19 bits per heavy atom. The quantitative estimate of drug-likeness (QED) is 0.891. The average Bonchev–Trinajstić information content (AvgIpc) is 2.75. The van der Waals surface area contributed by atoms with Crippen LogP contribution in [0.4, 0.5) is 11.5 Å². The SMILES string of the molecule is CCCNc1ccc(Cl)c(C(=O)Nc2cn(C)nc2C)n1. The minimum absolute atomic E-state index is 0.195. The first kappa shape index (κ1) is 15.3. The first-order chi connectivity index (χ1) is 10.0. The highest BCUT2D eigenvalue weighted by Crippen LogP contribution is 2.19. The molecule has 0 bridgehead atoms. The number of pyridine rings is 1. The van der Waals surface area contributed by atoms with Crippen LogP contribution in [0.1, 0.15) is 29.5 Å². The predicted octanol–water partition coefficient (Wildman–Crippen LogP) is 2.85. The number of nitrogens with one attached hydrogen (secondary N) is 2. The summed E-state index contributed by atoms with van der Waals surface area (Å²) in [6.45, 7) is 4.67. The zero-order chi connectivity index (χ0) is 15.4. The Hall–Kier alpha value is -2.08. The van der Waals surface area contributed by atoms with Gasteiger partial charge < -0.3 is 10.6 Å². The van der Waals surface area contributed by atoms with E-state index in [-0.39, 0.29) is 11.6 Å². The molecule has 112 valence electrons. The summed E-state index contributed by atoms with van der Waals surface area (Å²) < 4.78 is 1.64. The number of halogens is 1. The highest BCUT2D eigenvalue weighted by molar-refractivity contribution is 6.34. The van der Waals surface area contributed by atoms with E-state index in [4.69, 9.17) is 11.6 Å². The van der Waals surface area contributed by atoms with Crippen LogP contribution in [0.15, 0.2) is 18.3 Å². The molecule has 2 heterocycles. The molecule has 0 saturated heterocycles. The smallest absolute Gasteiger partial charge is 0.275 e. The largest absolute Gasteiger partial charge is 0.370 e. The number of aryl methyl sites for hydroxylation is 2. The molecule has 2 N–H and O–H groups in total. The Morgan fingerprint density at radius 1 is 1.43 bits per heavy atom. The third kappa shape index (κ3) is 3.72. The molecule has 1 amide bonds. The van der Waals surface area contributed by atoms with Gasteiger partial charge in [-0.3, -0.25) is 9.48 Å². The van der Waals surface area contributed by atoms with Crippen molar-refractivity contribution < 1.29 is 4.79 Å². The number of nitrogens with zero attached hydrogens (tertiary/aromatic N) is 3. The minimum Gasteiger partial charge on any atom is -0.370 e. The van der Waals surface area contributed by atoms with Crippen molar-refractivity contribution in [1.29, 1.82) is 0 Å². The zero-order valence-electron chi connectivity index (χ0n) is 12.3. The minimum atomic E-state index is -0.351. The standard InChI is InChI=1S/C14H18ClN5O/c1-4-7-16-12-6-5-10(15)13(18-12)14(21)17-11-8-20(3)19-9(11)2/h5-6,8H,4,7H2,1-3H3,(H,16,18)(H,17,21). The number of amides is 1. The Bertz CT molecular complexity index is 653. The maximum atomic E-state index is 12.3. The molecule has 0 saturated carbocycles. The predicted molar refractivity (Wildman–Crippen MR) is 83.9 cm³/mol. The lowest BCUT2D eigenvalue weighted by Gasteiger charge is -2.08. The van der Waals surface area contributed by atoms with Crippen LogP contribution in [-0.2, 0) is 7.05 Å². The van der Waals surface area contributed by atoms with Crippen LogP contribution in [0, 0.1) is 6.92 Å². The van der Waals surface area contributed by atoms with Crippen LogP contribution < -0.4 is 10.6 Å². The molecule has 2 rings (SSSR count). The molecule has 0 fully saturated rings. The third-order valence-electron chi connectivity index (χ3n) is 2.88. The summed E-state index contributed by atoms with van der Waals surface area (Å²) in [5, 5.41) is 10.4. The molecular weight excluding hydrogens is 290 g/mol. The van der Waals surface area contributed by atoms with E-state index in [9.17, 15) is 4.79 Å². The molecule has 0 aliphatic heterocycles. The number of rotatable bonds is 5. The molecular formula is C14H18ClN5O. The van der Waals surface area contributed by atoms with Crippen LogP contribution in [0.2, 0.25) is 5.02 Å². The van der Waals surface area contributed by atoms with Crippen molar-refractivity contribution in [3.8, 4) is 0 Å². The van der Waals surface area contributed by atoms with Gasteiger partial charge in [-0.15, -0.1) is 0 Å². The van der Waals surface area contributed by atoms with Gasteiger partial charge in [-0.2, -0.15) is 5.10 Å². The van der Waals surface area contributed by atoms with Crippen molar-refractivity contribution in [2.24, 2.45) is 7.05 Å². The molecule has 0 atom stereocenters. The van der Waals surface area contributed by atoms with Crippen molar-refractivity contribution in [3.05, 3.63) is 34.7 Å². The summed E-state index contributed by atoms with van der Waals surface area (Å²) in [5.74, 6) is 0.283. The van der Waals surface area contributed by atoms with E-state index in [1.165, 1.54) is 0 Å². The van der Waals surface area contributed by atoms with E-state index in [1.54, 1.807) is 30.1 Å². The lowest BCUT2D eigenvalue weighted by Crippen LogP contribution is -2.16. The summed E-state index contributed by atoms with van der Waals surface area (Å²) in [6.07, 6.45) is 2.71. The fourth-order valence-corrected chi connectivity index (χ4v) is 2.05. The van der Waals surface area contributed by atoms with Gasteiger partial charge in [0.1, 0.15) is 11.5 Å². The Balaban J connectivity index is 2.20. The maximum Gasteiger partial charge on any atom is 0.275 e. The second-order valence-electron chi connectivity index (χ2n) is 4.71. The van der Waals surface area contributed by atoms with E-state index in [0.29, 0.717) is 16.5 Å². The lowest BCUT2D eigenvalue weighted by molar-refractivity contribution is 0.102. The van der Waals surface area contributed by atoms with E-state index < -0.39 is 0 Å². The molecule has 21 heavy (non-hydrogen) atoms. The molecule has 0 spiro atoms. The fraction of sp³-hybridized carbons (Fsp3) is 0.357. The lowest BCUT2D eigenvalue weighted by atomic mass is 10.3. The highest BCUT2D eigenvalue weighted by Gasteiger charge is 2.15. The Labute approximate surface area is 128 Å². The van der Waals surface area contributed by atoms with Crippen LogP contribution in [0.3, 0.4) is 0 Å². The molecule has 0 unspecified atom stereocenters. The first-order valence-electron chi connectivity index (χ1n) is 6.73. The number of hydrogen-bond acceptors (Lipinski definition) is 4. The second-order valence-corrected chi connectivity index (χ2v) is 5.12. The van der Waals surface area contributed by atoms with E-state index in [1.807, 2.05) is 6.92 Å². The normalized spacial score (nSPS) is 10.5. The summed E-state index contributed by atoms with van der Waals surface area (Å²) in [4.78, 5) is 16.6. The average molecular weight is 308 g/mol. The van der Waals surface area contributed by atoms with Gasteiger partial charge in [0, 0.05) is 19.8 Å². The topological polar surface area (TPSA) is 71.8 Å². The summed E-state index contributed by atoms with van der Waals surface area (Å²) in [7, 11) is 1.79. The van der Waals surface area contributed by atoms with Crippen LogP contribution in [0.5, 0.6) is 0 Å². The van der Waals surface area contributed by atoms with E-state index in [2.05, 4.69) is 27.6 Å². The van der Waals surface area contributed by atoms with Gasteiger partial charge in [-0.05, 0) is 25.5 Å². The molecule has 6 nitrogen and oxygen atoms in total. The van der Waals surface area contributed by atoms with Crippen LogP contribution in [-0.4, -0.2) is 27.2 Å². The van der Waals surface area contributed by atoms with Crippen molar-refractivity contribution in [2.45, 2.75) is 20.3 Å². The number of carbonyl (C=O) groups excluding carboxylic acids is 1. The van der Waals surface area contributed by atoms with Crippen LogP contribution in [0.25, 0.3) is 0 Å². The molecule has 2 aromatic heterocycles. The van der Waals surface area contributed by atoms with Gasteiger partial charge >= 0.3 is 0 Å². The number of aromatic nitrogens is 3. The highest BCUT2D eigenvalue weighted by atomic mass is 35.5. The summed E-state index contributed by atoms with van der Waals surface area (Å²) >= 11 is 6.06. The maximum absolute atomic E-state index is 12.3. The molecule has 0 aliphatic carbocycles. The zero-order valence-corrected chi connectivity index (χ0v) is 13.0. The van der Waals surface area contributed by atoms with E-state index >= 15 is 0 Å². The van der Waals surface area contributed by atoms with Crippen molar-refractivity contribution in [1.82, 2.24) is 14.8 Å². The molecule has 0 aliphatic rings. The first-order valence-corrected chi connectivity index (χ1v) is 7.11. The molecule has 7 heteroatoms. The Kier molecular flexibility index (Phi) is 4.80. The summed E-state index contributed by atoms with van der Waals surface area (Å²) in [5.41, 5.74) is 1.58. The fourth-order valence-electron chi connectivity index (χ4n) is 1.86. The van der Waals surface area contributed by atoms with Gasteiger partial charge in [0.15, 0.2) is 0 Å². The van der Waals surface area contributed by atoms with Crippen molar-refractivity contribution >= 4 is 29.0 Å².